The molecule has 0 bridgehead atoms. The summed E-state index contributed by atoms with van der Waals surface area (Å²) in [5.41, 5.74) is 3.00. The standard InChI is InChI=1S/C29H38N4O2.CH4/c1-3-11-25(23-12-5-4-6-13-23)31-29-22-30-21-26(32-29)24-14-15-27(28(20-24)34-2)35-19-10-9-18-33-16-7-8-17-33;/h4-6,12-15,20-22,25H,3,7-11,16-19H2,1-2H3,(H,31,32);1H4. The van der Waals surface area contributed by atoms with Gasteiger partial charge in [-0.3, -0.25) is 4.98 Å². The molecule has 4 rings (SSSR count). The Morgan fingerprint density at radius 3 is 2.56 bits per heavy atom. The van der Waals surface area contributed by atoms with E-state index >= 15 is 0 Å². The molecule has 2 aromatic carbocycles. The van der Waals surface area contributed by atoms with Gasteiger partial charge < -0.3 is 19.7 Å². The van der Waals surface area contributed by atoms with E-state index in [9.17, 15) is 0 Å². The van der Waals surface area contributed by atoms with Gasteiger partial charge in [0.1, 0.15) is 5.82 Å². The Morgan fingerprint density at radius 1 is 1.00 bits per heavy atom. The smallest absolute Gasteiger partial charge is 0.161 e. The number of benzene rings is 2. The maximum atomic E-state index is 6.04. The van der Waals surface area contributed by atoms with E-state index in [1.165, 1.54) is 38.0 Å². The summed E-state index contributed by atoms with van der Waals surface area (Å²) in [5.74, 6) is 2.25. The third kappa shape index (κ3) is 7.69. The van der Waals surface area contributed by atoms with E-state index in [1.54, 1.807) is 19.5 Å². The normalized spacial score (nSPS) is 14.2. The van der Waals surface area contributed by atoms with E-state index in [-0.39, 0.29) is 13.5 Å². The number of unbranched alkanes of at least 4 members (excludes halogenated alkanes) is 1. The molecule has 6 heteroatoms. The summed E-state index contributed by atoms with van der Waals surface area (Å²) in [6, 6.07) is 16.7. The molecule has 36 heavy (non-hydrogen) atoms. The fourth-order valence-corrected chi connectivity index (χ4v) is 4.62. The van der Waals surface area contributed by atoms with Crippen LogP contribution in [0.2, 0.25) is 0 Å². The topological polar surface area (TPSA) is 59.5 Å². The second kappa shape index (κ2) is 14.4. The lowest BCUT2D eigenvalue weighted by molar-refractivity contribution is 0.268. The number of hydrogen-bond donors (Lipinski definition) is 1. The molecule has 194 valence electrons. The number of methoxy groups -OCH3 is 1. The molecule has 6 nitrogen and oxygen atoms in total. The van der Waals surface area contributed by atoms with Crippen molar-refractivity contribution < 1.29 is 9.47 Å². The van der Waals surface area contributed by atoms with Crippen molar-refractivity contribution in [3.8, 4) is 22.8 Å². The van der Waals surface area contributed by atoms with E-state index in [0.29, 0.717) is 6.61 Å². The van der Waals surface area contributed by atoms with Crippen LogP contribution in [0.15, 0.2) is 60.9 Å². The van der Waals surface area contributed by atoms with Crippen LogP contribution in [-0.4, -0.2) is 48.2 Å². The van der Waals surface area contributed by atoms with E-state index in [4.69, 9.17) is 14.5 Å². The molecule has 1 atom stereocenters. The lowest BCUT2D eigenvalue weighted by atomic mass is 10.0. The van der Waals surface area contributed by atoms with Crippen molar-refractivity contribution in [2.45, 2.75) is 58.9 Å². The number of nitrogens with one attached hydrogen (secondary N) is 1. The van der Waals surface area contributed by atoms with Crippen LogP contribution < -0.4 is 14.8 Å². The SMILES string of the molecule is C.CCCC(Nc1cncc(-c2ccc(OCCCCN3CCCC3)c(OC)c2)n1)c1ccccc1. The zero-order chi connectivity index (χ0) is 24.3. The summed E-state index contributed by atoms with van der Waals surface area (Å²) in [4.78, 5) is 11.8. The highest BCUT2D eigenvalue weighted by Gasteiger charge is 2.14. The molecule has 0 radical (unpaired) electrons. The van der Waals surface area contributed by atoms with E-state index in [2.05, 4.69) is 46.4 Å². The van der Waals surface area contributed by atoms with Crippen molar-refractivity contribution >= 4 is 5.82 Å². The fourth-order valence-electron chi connectivity index (χ4n) is 4.62. The van der Waals surface area contributed by atoms with Crippen LogP contribution in [0.4, 0.5) is 5.82 Å². The van der Waals surface area contributed by atoms with Gasteiger partial charge in [-0.1, -0.05) is 51.1 Å². The van der Waals surface area contributed by atoms with Crippen molar-refractivity contribution in [1.82, 2.24) is 14.9 Å². The van der Waals surface area contributed by atoms with Gasteiger partial charge in [-0.25, -0.2) is 4.98 Å². The first kappa shape index (κ1) is 27.5. The van der Waals surface area contributed by atoms with Crippen LogP contribution in [0.3, 0.4) is 0 Å². The Labute approximate surface area is 217 Å². The Hall–Kier alpha value is -3.12. The summed E-state index contributed by atoms with van der Waals surface area (Å²) in [7, 11) is 1.68. The van der Waals surface area contributed by atoms with Gasteiger partial charge >= 0.3 is 0 Å². The van der Waals surface area contributed by atoms with Crippen LogP contribution in [0.1, 0.15) is 64.5 Å². The molecule has 2 heterocycles. The number of ether oxygens (including phenoxy) is 2. The van der Waals surface area contributed by atoms with Crippen molar-refractivity contribution in [1.29, 1.82) is 0 Å². The number of hydrogen-bond acceptors (Lipinski definition) is 6. The maximum Gasteiger partial charge on any atom is 0.161 e. The molecular formula is C30H42N4O2. The molecule has 0 saturated carbocycles. The highest BCUT2D eigenvalue weighted by atomic mass is 16.5. The molecule has 0 spiro atoms. The van der Waals surface area contributed by atoms with Crippen LogP contribution in [0.25, 0.3) is 11.3 Å². The molecule has 0 amide bonds. The molecule has 1 unspecified atom stereocenters. The van der Waals surface area contributed by atoms with Gasteiger partial charge in [-0.2, -0.15) is 0 Å². The Morgan fingerprint density at radius 2 is 1.81 bits per heavy atom. The largest absolute Gasteiger partial charge is 0.493 e. The van der Waals surface area contributed by atoms with Crippen molar-refractivity contribution in [3.63, 3.8) is 0 Å². The predicted octanol–water partition coefficient (Wildman–Crippen LogP) is 7.00. The van der Waals surface area contributed by atoms with Crippen molar-refractivity contribution in [3.05, 3.63) is 66.5 Å². The highest BCUT2D eigenvalue weighted by Crippen LogP contribution is 2.32. The average Bonchev–Trinajstić information content (AvgIpc) is 3.43. The summed E-state index contributed by atoms with van der Waals surface area (Å²) < 4.78 is 11.7. The Balaban J connectivity index is 0.00000361. The maximum absolute atomic E-state index is 6.04. The van der Waals surface area contributed by atoms with Crippen LogP contribution >= 0.6 is 0 Å². The predicted molar refractivity (Wildman–Crippen MR) is 149 cm³/mol. The quantitative estimate of drug-likeness (QED) is 0.260. The lowest BCUT2D eigenvalue weighted by Crippen LogP contribution is -2.20. The number of aromatic nitrogens is 2. The molecule has 1 saturated heterocycles. The second-order valence-electron chi connectivity index (χ2n) is 9.16. The van der Waals surface area contributed by atoms with Crippen LogP contribution in [-0.2, 0) is 0 Å². The molecular weight excluding hydrogens is 448 g/mol. The Bertz CT molecular complexity index is 1040. The van der Waals surface area contributed by atoms with E-state index in [0.717, 1.165) is 54.3 Å². The molecule has 0 aliphatic carbocycles. The third-order valence-corrected chi connectivity index (χ3v) is 6.52. The number of anilines is 1. The van der Waals surface area contributed by atoms with Gasteiger partial charge in [0.2, 0.25) is 0 Å². The zero-order valence-electron chi connectivity index (χ0n) is 21.1. The summed E-state index contributed by atoms with van der Waals surface area (Å²) >= 11 is 0. The molecule has 1 aromatic heterocycles. The van der Waals surface area contributed by atoms with E-state index < -0.39 is 0 Å². The Kier molecular flexibility index (Phi) is 11.0. The van der Waals surface area contributed by atoms with Crippen LogP contribution in [0.5, 0.6) is 11.5 Å². The first-order chi connectivity index (χ1) is 17.3. The molecule has 1 fully saturated rings. The highest BCUT2D eigenvalue weighted by molar-refractivity contribution is 5.64. The second-order valence-corrected chi connectivity index (χ2v) is 9.16. The van der Waals surface area contributed by atoms with Gasteiger partial charge in [-0.15, -0.1) is 0 Å². The summed E-state index contributed by atoms with van der Waals surface area (Å²) in [6.07, 6.45) is 10.6. The number of likely N-dealkylation sites (tertiary alicyclic amines) is 1. The average molecular weight is 491 g/mol. The van der Waals surface area contributed by atoms with Gasteiger partial charge in [0, 0.05) is 5.56 Å². The van der Waals surface area contributed by atoms with Gasteiger partial charge in [0.25, 0.3) is 0 Å². The first-order valence-corrected chi connectivity index (χ1v) is 12.9. The third-order valence-electron chi connectivity index (χ3n) is 6.52. The molecule has 3 aromatic rings. The minimum Gasteiger partial charge on any atom is -0.493 e. The van der Waals surface area contributed by atoms with Gasteiger partial charge in [0.15, 0.2) is 11.5 Å². The molecule has 1 aliphatic heterocycles. The first-order valence-electron chi connectivity index (χ1n) is 12.9. The summed E-state index contributed by atoms with van der Waals surface area (Å²) in [6.45, 7) is 6.57. The lowest BCUT2D eigenvalue weighted by Gasteiger charge is -2.19. The minimum atomic E-state index is 0. The van der Waals surface area contributed by atoms with Crippen LogP contribution in [0, 0.1) is 0 Å². The van der Waals surface area contributed by atoms with Crippen molar-refractivity contribution in [2.75, 3.05) is 38.7 Å². The number of nitrogens with zero attached hydrogens (tertiary/aromatic N) is 3. The van der Waals surface area contributed by atoms with Gasteiger partial charge in [0.05, 0.1) is 37.8 Å². The van der Waals surface area contributed by atoms with E-state index in [1.807, 2.05) is 24.3 Å². The number of rotatable bonds is 13. The molecule has 1 aliphatic rings. The monoisotopic (exact) mass is 490 g/mol. The fraction of sp³-hybridized carbons (Fsp3) is 0.467. The van der Waals surface area contributed by atoms with Crippen molar-refractivity contribution in [2.24, 2.45) is 0 Å². The van der Waals surface area contributed by atoms with Gasteiger partial charge in [-0.05, 0) is 75.5 Å². The zero-order valence-corrected chi connectivity index (χ0v) is 21.1. The minimum absolute atomic E-state index is 0. The summed E-state index contributed by atoms with van der Waals surface area (Å²) in [5, 5.41) is 3.57. The molecule has 1 N–H and O–H groups in total.